The molecule has 0 bridgehead atoms. The van der Waals surface area contributed by atoms with Crippen LogP contribution in [0.15, 0.2) is 64.6 Å². The summed E-state index contributed by atoms with van der Waals surface area (Å²) in [5.41, 5.74) is 6.59. The van der Waals surface area contributed by atoms with E-state index in [2.05, 4.69) is 38.7 Å². The third kappa shape index (κ3) is 3.83. The van der Waals surface area contributed by atoms with Crippen LogP contribution in [0.25, 0.3) is 11.8 Å². The highest BCUT2D eigenvalue weighted by Gasteiger charge is 2.23. The number of aromatic nitrogens is 1. The number of hydrogen-bond donors (Lipinski definition) is 0. The Hall–Kier alpha value is -3.10. The van der Waals surface area contributed by atoms with Gasteiger partial charge in [-0.15, -0.1) is 0 Å². The molecule has 3 aromatic rings. The fraction of sp³-hybridized carbons (Fsp3) is 0.200. The minimum atomic E-state index is -0.208. The lowest BCUT2D eigenvalue weighted by Gasteiger charge is -2.28. The summed E-state index contributed by atoms with van der Waals surface area (Å²) in [4.78, 5) is 14.8. The van der Waals surface area contributed by atoms with Crippen molar-refractivity contribution in [2.75, 3.05) is 6.54 Å². The number of halogens is 1. The highest BCUT2D eigenvalue weighted by molar-refractivity contribution is 9.10. The lowest BCUT2D eigenvalue weighted by Crippen LogP contribution is -2.36. The Morgan fingerprint density at radius 2 is 1.80 bits per heavy atom. The van der Waals surface area contributed by atoms with E-state index >= 15 is 0 Å². The number of carbonyl (C=O) groups excluding carboxylic acids is 1. The molecule has 1 amide bonds. The van der Waals surface area contributed by atoms with Crippen molar-refractivity contribution in [1.82, 2.24) is 9.47 Å². The molecule has 150 valence electrons. The number of amides is 1. The molecule has 0 spiro atoms. The number of fused-ring (bicyclic) bond motifs is 1. The minimum Gasteiger partial charge on any atom is -0.333 e. The monoisotopic (exact) mass is 459 g/mol. The Labute approximate surface area is 185 Å². The van der Waals surface area contributed by atoms with Crippen molar-refractivity contribution in [3.05, 3.63) is 92.7 Å². The number of nitriles is 1. The highest BCUT2D eigenvalue weighted by Crippen LogP contribution is 2.25. The Morgan fingerprint density at radius 3 is 2.50 bits per heavy atom. The molecule has 1 aromatic heterocycles. The zero-order valence-electron chi connectivity index (χ0n) is 17.0. The maximum Gasteiger partial charge on any atom is 0.264 e. The third-order valence-corrected chi connectivity index (χ3v) is 6.15. The van der Waals surface area contributed by atoms with Gasteiger partial charge >= 0.3 is 0 Å². The van der Waals surface area contributed by atoms with Crippen molar-refractivity contribution in [1.29, 1.82) is 5.26 Å². The summed E-state index contributed by atoms with van der Waals surface area (Å²) in [6, 6.07) is 20.4. The smallest absolute Gasteiger partial charge is 0.264 e. The molecule has 2 aromatic carbocycles. The van der Waals surface area contributed by atoms with Crippen LogP contribution in [-0.2, 0) is 17.8 Å². The molecule has 2 heterocycles. The SMILES string of the molecule is Cc1cc(C=C(C#N)C(=O)N2CCc3ccccc3C2)c(C)n1-c1ccc(Br)cc1. The normalized spacial score (nSPS) is 13.7. The zero-order chi connectivity index (χ0) is 21.3. The van der Waals surface area contributed by atoms with E-state index in [9.17, 15) is 10.1 Å². The van der Waals surface area contributed by atoms with E-state index in [0.717, 1.165) is 39.1 Å². The molecular weight excluding hydrogens is 438 g/mol. The molecule has 0 N–H and O–H groups in total. The summed E-state index contributed by atoms with van der Waals surface area (Å²) in [6.45, 7) is 5.22. The van der Waals surface area contributed by atoms with Crippen molar-refractivity contribution >= 4 is 27.9 Å². The van der Waals surface area contributed by atoms with Crippen LogP contribution in [0.4, 0.5) is 0 Å². The van der Waals surface area contributed by atoms with Gasteiger partial charge in [0.1, 0.15) is 11.6 Å². The highest BCUT2D eigenvalue weighted by atomic mass is 79.9. The lowest BCUT2D eigenvalue weighted by atomic mass is 9.99. The number of hydrogen-bond acceptors (Lipinski definition) is 2. The molecule has 0 aliphatic carbocycles. The first kappa shape index (κ1) is 20.2. The number of carbonyl (C=O) groups is 1. The lowest BCUT2D eigenvalue weighted by molar-refractivity contribution is -0.127. The first-order valence-corrected chi connectivity index (χ1v) is 10.7. The molecule has 0 radical (unpaired) electrons. The molecule has 5 heteroatoms. The standard InChI is InChI=1S/C25H22BrN3O/c1-17-13-21(18(2)29(17)24-9-7-23(26)8-10-24)14-22(15-27)25(30)28-12-11-19-5-3-4-6-20(19)16-28/h3-10,13-14H,11-12,16H2,1-2H3. The van der Waals surface area contributed by atoms with Gasteiger partial charge in [-0.3, -0.25) is 4.79 Å². The maximum atomic E-state index is 13.1. The Kier molecular flexibility index (Phi) is 5.61. The quantitative estimate of drug-likeness (QED) is 0.391. The Morgan fingerprint density at radius 1 is 1.10 bits per heavy atom. The van der Waals surface area contributed by atoms with E-state index in [4.69, 9.17) is 0 Å². The van der Waals surface area contributed by atoms with E-state index in [0.29, 0.717) is 13.1 Å². The van der Waals surface area contributed by atoms with E-state index in [1.807, 2.05) is 56.3 Å². The molecule has 4 rings (SSSR count). The van der Waals surface area contributed by atoms with Gasteiger partial charge in [0.15, 0.2) is 0 Å². The number of benzene rings is 2. The largest absolute Gasteiger partial charge is 0.333 e. The molecule has 1 aliphatic rings. The average Bonchev–Trinajstić information content (AvgIpc) is 3.04. The molecular formula is C25H22BrN3O. The van der Waals surface area contributed by atoms with Gasteiger partial charge in [-0.1, -0.05) is 40.2 Å². The molecule has 0 fully saturated rings. The fourth-order valence-electron chi connectivity index (χ4n) is 4.06. The number of nitrogens with zero attached hydrogens (tertiary/aromatic N) is 3. The summed E-state index contributed by atoms with van der Waals surface area (Å²) in [5.74, 6) is -0.208. The molecule has 0 saturated carbocycles. The molecule has 30 heavy (non-hydrogen) atoms. The average molecular weight is 460 g/mol. The van der Waals surface area contributed by atoms with Crippen LogP contribution in [-0.4, -0.2) is 21.9 Å². The van der Waals surface area contributed by atoms with Crippen molar-refractivity contribution in [2.45, 2.75) is 26.8 Å². The Balaban J connectivity index is 1.63. The van der Waals surface area contributed by atoms with Crippen LogP contribution in [0.3, 0.4) is 0 Å². The van der Waals surface area contributed by atoms with Crippen molar-refractivity contribution in [3.63, 3.8) is 0 Å². The van der Waals surface area contributed by atoms with Gasteiger partial charge in [-0.25, -0.2) is 0 Å². The van der Waals surface area contributed by atoms with Crippen LogP contribution >= 0.6 is 15.9 Å². The topological polar surface area (TPSA) is 49.0 Å². The fourth-order valence-corrected chi connectivity index (χ4v) is 4.32. The third-order valence-electron chi connectivity index (χ3n) is 5.62. The number of aryl methyl sites for hydroxylation is 1. The molecule has 1 aliphatic heterocycles. The van der Waals surface area contributed by atoms with Gasteiger partial charge in [0.05, 0.1) is 0 Å². The molecule has 0 saturated heterocycles. The second kappa shape index (κ2) is 8.33. The van der Waals surface area contributed by atoms with Crippen LogP contribution in [0.1, 0.15) is 28.1 Å². The molecule has 0 atom stereocenters. The second-order valence-electron chi connectivity index (χ2n) is 7.55. The van der Waals surface area contributed by atoms with E-state index in [-0.39, 0.29) is 11.5 Å². The van der Waals surface area contributed by atoms with Crippen LogP contribution in [0.2, 0.25) is 0 Å². The van der Waals surface area contributed by atoms with Crippen LogP contribution in [0.5, 0.6) is 0 Å². The summed E-state index contributed by atoms with van der Waals surface area (Å²) in [7, 11) is 0. The predicted molar refractivity (Wildman–Crippen MR) is 122 cm³/mol. The van der Waals surface area contributed by atoms with Crippen LogP contribution in [0, 0.1) is 25.2 Å². The van der Waals surface area contributed by atoms with Crippen molar-refractivity contribution in [2.24, 2.45) is 0 Å². The van der Waals surface area contributed by atoms with Gasteiger partial charge in [0, 0.05) is 34.6 Å². The second-order valence-corrected chi connectivity index (χ2v) is 8.47. The molecule has 0 unspecified atom stereocenters. The minimum absolute atomic E-state index is 0.172. The van der Waals surface area contributed by atoms with E-state index in [1.165, 1.54) is 5.56 Å². The van der Waals surface area contributed by atoms with E-state index in [1.54, 1.807) is 11.0 Å². The Bertz CT molecular complexity index is 1180. The summed E-state index contributed by atoms with van der Waals surface area (Å²) in [5, 5.41) is 9.72. The van der Waals surface area contributed by atoms with Crippen molar-refractivity contribution in [3.8, 4) is 11.8 Å². The summed E-state index contributed by atoms with van der Waals surface area (Å²) < 4.78 is 3.16. The first-order chi connectivity index (χ1) is 14.5. The van der Waals surface area contributed by atoms with Crippen molar-refractivity contribution < 1.29 is 4.79 Å². The van der Waals surface area contributed by atoms with Gasteiger partial charge in [-0.2, -0.15) is 5.26 Å². The van der Waals surface area contributed by atoms with Gasteiger partial charge in [0.2, 0.25) is 0 Å². The van der Waals surface area contributed by atoms with Gasteiger partial charge in [0.25, 0.3) is 5.91 Å². The zero-order valence-corrected chi connectivity index (χ0v) is 18.6. The summed E-state index contributed by atoms with van der Waals surface area (Å²) in [6.07, 6.45) is 2.54. The van der Waals surface area contributed by atoms with Gasteiger partial charge in [-0.05, 0) is 73.4 Å². The molecule has 4 nitrogen and oxygen atoms in total. The van der Waals surface area contributed by atoms with Gasteiger partial charge < -0.3 is 9.47 Å². The predicted octanol–water partition coefficient (Wildman–Crippen LogP) is 5.35. The maximum absolute atomic E-state index is 13.1. The number of rotatable bonds is 3. The summed E-state index contributed by atoms with van der Waals surface area (Å²) >= 11 is 3.47. The first-order valence-electron chi connectivity index (χ1n) is 9.90. The van der Waals surface area contributed by atoms with E-state index < -0.39 is 0 Å². The van der Waals surface area contributed by atoms with Crippen LogP contribution < -0.4 is 0 Å².